The maximum Gasteiger partial charge on any atom is 0.348 e. The number of hydrogen-bond donors (Lipinski definition) is 1. The quantitative estimate of drug-likeness (QED) is 0.814. The zero-order chi connectivity index (χ0) is 17.7. The van der Waals surface area contributed by atoms with E-state index in [1.807, 2.05) is 6.92 Å². The van der Waals surface area contributed by atoms with Gasteiger partial charge in [0.25, 0.3) is 11.8 Å². The van der Waals surface area contributed by atoms with Crippen LogP contribution in [-0.4, -0.2) is 29.0 Å². The number of thiophene rings is 1. The Morgan fingerprint density at radius 3 is 2.71 bits per heavy atom. The number of nitrogens with zero attached hydrogens (tertiary/aromatic N) is 1. The van der Waals surface area contributed by atoms with Crippen LogP contribution in [0.2, 0.25) is 0 Å². The fourth-order valence-corrected chi connectivity index (χ4v) is 3.23. The Labute approximate surface area is 144 Å². The van der Waals surface area contributed by atoms with Gasteiger partial charge in [0.15, 0.2) is 6.61 Å². The van der Waals surface area contributed by atoms with Gasteiger partial charge >= 0.3 is 5.97 Å². The second-order valence-electron chi connectivity index (χ2n) is 5.40. The predicted molar refractivity (Wildman–Crippen MR) is 91.2 cm³/mol. The van der Waals surface area contributed by atoms with Crippen molar-refractivity contribution in [2.75, 3.05) is 6.61 Å². The number of rotatable bonds is 6. The van der Waals surface area contributed by atoms with Gasteiger partial charge in [0, 0.05) is 18.1 Å². The number of imide groups is 1. The highest BCUT2D eigenvalue weighted by Gasteiger charge is 2.17. The molecule has 2 rings (SSSR count). The number of carbonyl (C=O) groups is 3. The highest BCUT2D eigenvalue weighted by Crippen LogP contribution is 2.23. The third-order valence-corrected chi connectivity index (χ3v) is 4.58. The van der Waals surface area contributed by atoms with E-state index < -0.39 is 24.4 Å². The molecule has 0 unspecified atom stereocenters. The van der Waals surface area contributed by atoms with Gasteiger partial charge < -0.3 is 9.30 Å². The summed E-state index contributed by atoms with van der Waals surface area (Å²) in [7, 11) is 1.70. The summed E-state index contributed by atoms with van der Waals surface area (Å²) in [6.45, 7) is 3.54. The van der Waals surface area contributed by atoms with E-state index in [-0.39, 0.29) is 0 Å². The monoisotopic (exact) mass is 348 g/mol. The Morgan fingerprint density at radius 1 is 1.33 bits per heavy atom. The molecule has 7 heteroatoms. The van der Waals surface area contributed by atoms with Crippen LogP contribution in [0.15, 0.2) is 24.4 Å². The van der Waals surface area contributed by atoms with Crippen LogP contribution < -0.4 is 5.32 Å². The van der Waals surface area contributed by atoms with E-state index in [0.29, 0.717) is 10.6 Å². The number of ether oxygens (including phenoxy) is 1. The highest BCUT2D eigenvalue weighted by molar-refractivity contribution is 7.14. The summed E-state index contributed by atoms with van der Waals surface area (Å²) >= 11 is 1.35. The van der Waals surface area contributed by atoms with Crippen LogP contribution in [0.25, 0.3) is 0 Å². The average molecular weight is 348 g/mol. The maximum absolute atomic E-state index is 12.0. The van der Waals surface area contributed by atoms with Crippen molar-refractivity contribution in [1.29, 1.82) is 0 Å². The van der Waals surface area contributed by atoms with Crippen LogP contribution in [-0.2, 0) is 23.0 Å². The Bertz CT molecular complexity index is 760. The molecule has 24 heavy (non-hydrogen) atoms. The van der Waals surface area contributed by atoms with Gasteiger partial charge in [-0.15, -0.1) is 11.3 Å². The van der Waals surface area contributed by atoms with E-state index in [2.05, 4.69) is 12.2 Å². The molecule has 2 aromatic rings. The molecule has 1 N–H and O–H groups in total. The van der Waals surface area contributed by atoms with Gasteiger partial charge in [0.2, 0.25) is 0 Å². The SMILES string of the molecule is CCCc1cc(C(=O)OCC(=O)NC(=O)c2cccn2C)sc1C. The molecule has 0 aliphatic rings. The number of carbonyl (C=O) groups excluding carboxylic acids is 3. The first-order valence-electron chi connectivity index (χ1n) is 7.64. The van der Waals surface area contributed by atoms with E-state index in [9.17, 15) is 14.4 Å². The Kier molecular flexibility index (Phi) is 5.92. The summed E-state index contributed by atoms with van der Waals surface area (Å²) < 4.78 is 6.58. The smallest absolute Gasteiger partial charge is 0.348 e. The molecule has 0 spiro atoms. The number of hydrogen-bond acceptors (Lipinski definition) is 5. The number of amides is 2. The van der Waals surface area contributed by atoms with Crippen LogP contribution in [0.3, 0.4) is 0 Å². The fraction of sp³-hybridized carbons (Fsp3) is 0.353. The minimum atomic E-state index is -0.656. The first-order valence-corrected chi connectivity index (χ1v) is 8.46. The van der Waals surface area contributed by atoms with Crippen molar-refractivity contribution >= 4 is 29.1 Å². The third-order valence-electron chi connectivity index (χ3n) is 3.50. The molecule has 0 aromatic carbocycles. The third kappa shape index (κ3) is 4.32. The van der Waals surface area contributed by atoms with E-state index in [4.69, 9.17) is 4.74 Å². The van der Waals surface area contributed by atoms with Crippen molar-refractivity contribution < 1.29 is 19.1 Å². The lowest BCUT2D eigenvalue weighted by Crippen LogP contribution is -2.35. The summed E-state index contributed by atoms with van der Waals surface area (Å²) in [6.07, 6.45) is 3.60. The summed E-state index contributed by atoms with van der Waals surface area (Å²) in [5.74, 6) is -1.73. The van der Waals surface area contributed by atoms with E-state index in [1.165, 1.54) is 11.3 Å². The standard InChI is InChI=1S/C17H20N2O4S/c1-4-6-12-9-14(24-11(12)2)17(22)23-10-15(20)18-16(21)13-7-5-8-19(13)3/h5,7-9H,4,6,10H2,1-3H3,(H,18,20,21). The lowest BCUT2D eigenvalue weighted by molar-refractivity contribution is -0.123. The van der Waals surface area contributed by atoms with Gasteiger partial charge in [0.05, 0.1) is 0 Å². The van der Waals surface area contributed by atoms with Crippen molar-refractivity contribution in [3.8, 4) is 0 Å². The van der Waals surface area contributed by atoms with Crippen LogP contribution in [0.1, 0.15) is 43.9 Å². The van der Waals surface area contributed by atoms with Gasteiger partial charge in [-0.1, -0.05) is 13.3 Å². The van der Waals surface area contributed by atoms with E-state index >= 15 is 0 Å². The molecule has 0 bridgehead atoms. The van der Waals surface area contributed by atoms with Gasteiger partial charge in [-0.3, -0.25) is 14.9 Å². The maximum atomic E-state index is 12.0. The highest BCUT2D eigenvalue weighted by atomic mass is 32.1. The van der Waals surface area contributed by atoms with Gasteiger partial charge in [-0.2, -0.15) is 0 Å². The molecule has 0 aliphatic carbocycles. The fourth-order valence-electron chi connectivity index (χ4n) is 2.26. The first-order chi connectivity index (χ1) is 11.4. The largest absolute Gasteiger partial charge is 0.451 e. The lowest BCUT2D eigenvalue weighted by Gasteiger charge is -2.05. The van der Waals surface area contributed by atoms with Crippen LogP contribution in [0, 0.1) is 6.92 Å². The Morgan fingerprint density at radius 2 is 2.08 bits per heavy atom. The summed E-state index contributed by atoms with van der Waals surface area (Å²) in [6, 6.07) is 5.10. The summed E-state index contributed by atoms with van der Waals surface area (Å²) in [5.41, 5.74) is 1.48. The molecule has 128 valence electrons. The zero-order valence-electron chi connectivity index (χ0n) is 13.9. The zero-order valence-corrected chi connectivity index (χ0v) is 14.7. The van der Waals surface area contributed by atoms with Crippen LogP contribution in [0.4, 0.5) is 0 Å². The molecule has 2 aromatic heterocycles. The topological polar surface area (TPSA) is 77.4 Å². The van der Waals surface area contributed by atoms with Crippen molar-refractivity contribution in [1.82, 2.24) is 9.88 Å². The molecule has 2 amide bonds. The van der Waals surface area contributed by atoms with Crippen molar-refractivity contribution in [3.05, 3.63) is 45.4 Å². The van der Waals surface area contributed by atoms with Gasteiger partial charge in [-0.05, 0) is 37.1 Å². The van der Waals surface area contributed by atoms with Gasteiger partial charge in [0.1, 0.15) is 10.6 Å². The molecule has 0 fully saturated rings. The molecular formula is C17H20N2O4S. The summed E-state index contributed by atoms with van der Waals surface area (Å²) in [4.78, 5) is 37.2. The summed E-state index contributed by atoms with van der Waals surface area (Å²) in [5, 5.41) is 2.19. The molecule has 0 saturated heterocycles. The molecule has 0 atom stereocenters. The first kappa shape index (κ1) is 17.9. The lowest BCUT2D eigenvalue weighted by atomic mass is 10.1. The number of aryl methyl sites for hydroxylation is 3. The predicted octanol–water partition coefficient (Wildman–Crippen LogP) is 2.46. The molecule has 0 aliphatic heterocycles. The molecule has 6 nitrogen and oxygen atoms in total. The number of aromatic nitrogens is 1. The van der Waals surface area contributed by atoms with E-state index in [1.54, 1.807) is 36.0 Å². The second kappa shape index (κ2) is 7.92. The van der Waals surface area contributed by atoms with Crippen molar-refractivity contribution in [3.63, 3.8) is 0 Å². The number of esters is 1. The molecule has 2 heterocycles. The average Bonchev–Trinajstić information content (AvgIpc) is 3.12. The molecule has 0 radical (unpaired) electrons. The Balaban J connectivity index is 1.87. The van der Waals surface area contributed by atoms with Gasteiger partial charge in [-0.25, -0.2) is 4.79 Å². The van der Waals surface area contributed by atoms with Crippen molar-refractivity contribution in [2.24, 2.45) is 7.05 Å². The Hall–Kier alpha value is -2.41. The van der Waals surface area contributed by atoms with Crippen LogP contribution >= 0.6 is 11.3 Å². The molecule has 0 saturated carbocycles. The minimum Gasteiger partial charge on any atom is -0.451 e. The van der Waals surface area contributed by atoms with Crippen LogP contribution in [0.5, 0.6) is 0 Å². The number of nitrogens with one attached hydrogen (secondary N) is 1. The second-order valence-corrected chi connectivity index (χ2v) is 6.66. The van der Waals surface area contributed by atoms with Crippen molar-refractivity contribution in [2.45, 2.75) is 26.7 Å². The van der Waals surface area contributed by atoms with E-state index in [0.717, 1.165) is 23.3 Å². The normalized spacial score (nSPS) is 10.5. The molecular weight excluding hydrogens is 328 g/mol. The minimum absolute atomic E-state index is 0.354.